The zero-order valence-corrected chi connectivity index (χ0v) is 16.4. The number of halogens is 1. The minimum atomic E-state index is -0.483. The molecule has 3 unspecified atom stereocenters. The van der Waals surface area contributed by atoms with Gasteiger partial charge in [0.15, 0.2) is 0 Å². The highest BCUT2D eigenvalue weighted by Crippen LogP contribution is 2.26. The molecule has 2 heterocycles. The molecule has 5 nitrogen and oxygen atoms in total. The Morgan fingerprint density at radius 2 is 1.73 bits per heavy atom. The molecule has 144 valence electrons. The minimum Gasteiger partial charge on any atom is -0.351 e. The van der Waals surface area contributed by atoms with Crippen molar-refractivity contribution < 1.29 is 9.59 Å². The summed E-state index contributed by atoms with van der Waals surface area (Å²) in [6.07, 6.45) is 4.70. The first-order chi connectivity index (χ1) is 12.0. The zero-order chi connectivity index (χ0) is 17.8. The highest BCUT2D eigenvalue weighted by molar-refractivity contribution is 5.88. The summed E-state index contributed by atoms with van der Waals surface area (Å²) in [5.41, 5.74) is 0.956. The molecule has 3 rings (SSSR count). The summed E-state index contributed by atoms with van der Waals surface area (Å²) < 4.78 is 0. The second-order valence-corrected chi connectivity index (χ2v) is 7.77. The molecule has 6 heteroatoms. The number of fused-ring (bicyclic) bond motifs is 2. The van der Waals surface area contributed by atoms with E-state index in [2.05, 4.69) is 16.0 Å². The summed E-state index contributed by atoms with van der Waals surface area (Å²) in [5.74, 6) is -0.105. The molecule has 2 aliphatic rings. The van der Waals surface area contributed by atoms with Gasteiger partial charge in [-0.05, 0) is 37.2 Å². The van der Waals surface area contributed by atoms with Crippen LogP contribution >= 0.6 is 12.4 Å². The predicted octanol–water partition coefficient (Wildman–Crippen LogP) is 2.19. The van der Waals surface area contributed by atoms with Crippen LogP contribution in [0.5, 0.6) is 0 Å². The third-order valence-corrected chi connectivity index (χ3v) is 5.29. The van der Waals surface area contributed by atoms with E-state index in [9.17, 15) is 9.59 Å². The second kappa shape index (κ2) is 9.38. The van der Waals surface area contributed by atoms with Gasteiger partial charge in [0.25, 0.3) is 0 Å². The van der Waals surface area contributed by atoms with Crippen molar-refractivity contribution >= 4 is 24.2 Å². The lowest BCUT2D eigenvalue weighted by molar-refractivity contribution is -0.130. The molecule has 2 fully saturated rings. The SMILES string of the molecule is CC(C)C(NC(=O)Cc1ccccc1)C(=O)NC1CC2CCC(C1)N2.Cl. The van der Waals surface area contributed by atoms with E-state index in [-0.39, 0.29) is 36.2 Å². The van der Waals surface area contributed by atoms with Crippen molar-refractivity contribution in [1.82, 2.24) is 16.0 Å². The fraction of sp³-hybridized carbons (Fsp3) is 0.600. The van der Waals surface area contributed by atoms with Crippen LogP contribution in [0.3, 0.4) is 0 Å². The average Bonchev–Trinajstić information content (AvgIpc) is 2.91. The molecule has 1 aromatic rings. The topological polar surface area (TPSA) is 70.2 Å². The molecule has 0 aromatic heterocycles. The van der Waals surface area contributed by atoms with Gasteiger partial charge in [-0.2, -0.15) is 0 Å². The summed E-state index contributed by atoms with van der Waals surface area (Å²) in [7, 11) is 0. The van der Waals surface area contributed by atoms with E-state index in [1.165, 1.54) is 12.8 Å². The van der Waals surface area contributed by atoms with Crippen LogP contribution in [0.15, 0.2) is 30.3 Å². The number of amides is 2. The number of hydrogen-bond donors (Lipinski definition) is 3. The lowest BCUT2D eigenvalue weighted by atomic mass is 9.97. The molecule has 26 heavy (non-hydrogen) atoms. The maximum Gasteiger partial charge on any atom is 0.243 e. The van der Waals surface area contributed by atoms with Gasteiger partial charge >= 0.3 is 0 Å². The quantitative estimate of drug-likeness (QED) is 0.709. The molecule has 0 radical (unpaired) electrons. The molecule has 2 aliphatic heterocycles. The Balaban J connectivity index is 0.00000243. The molecule has 0 spiro atoms. The fourth-order valence-electron chi connectivity index (χ4n) is 4.01. The summed E-state index contributed by atoms with van der Waals surface area (Å²) in [5, 5.41) is 9.69. The van der Waals surface area contributed by atoms with E-state index in [0.717, 1.165) is 18.4 Å². The van der Waals surface area contributed by atoms with Crippen LogP contribution in [0.4, 0.5) is 0 Å². The van der Waals surface area contributed by atoms with Crippen molar-refractivity contribution in [1.29, 1.82) is 0 Å². The number of hydrogen-bond acceptors (Lipinski definition) is 3. The molecule has 1 aromatic carbocycles. The Kier molecular flexibility index (Phi) is 7.47. The Labute approximate surface area is 162 Å². The highest BCUT2D eigenvalue weighted by Gasteiger charge is 2.35. The first-order valence-corrected chi connectivity index (χ1v) is 9.41. The van der Waals surface area contributed by atoms with Crippen molar-refractivity contribution in [2.45, 2.75) is 70.1 Å². The third kappa shape index (κ3) is 5.45. The predicted molar refractivity (Wildman–Crippen MR) is 105 cm³/mol. The zero-order valence-electron chi connectivity index (χ0n) is 15.5. The van der Waals surface area contributed by atoms with Gasteiger partial charge in [0.1, 0.15) is 6.04 Å². The molecule has 2 saturated heterocycles. The van der Waals surface area contributed by atoms with Crippen LogP contribution in [-0.2, 0) is 16.0 Å². The van der Waals surface area contributed by atoms with Crippen LogP contribution in [-0.4, -0.2) is 36.0 Å². The summed E-state index contributed by atoms with van der Waals surface area (Å²) in [6, 6.07) is 10.4. The molecule has 2 bridgehead atoms. The molecule has 3 atom stereocenters. The van der Waals surface area contributed by atoms with Gasteiger partial charge in [0.2, 0.25) is 11.8 Å². The van der Waals surface area contributed by atoms with Gasteiger partial charge in [-0.15, -0.1) is 12.4 Å². The normalized spacial score (nSPS) is 25.3. The van der Waals surface area contributed by atoms with E-state index in [4.69, 9.17) is 0 Å². The molecule has 2 amide bonds. The van der Waals surface area contributed by atoms with Gasteiger partial charge in [0.05, 0.1) is 6.42 Å². The molecule has 0 saturated carbocycles. The summed E-state index contributed by atoms with van der Waals surface area (Å²) in [4.78, 5) is 25.1. The van der Waals surface area contributed by atoms with Gasteiger partial charge in [-0.1, -0.05) is 44.2 Å². The highest BCUT2D eigenvalue weighted by atomic mass is 35.5. The van der Waals surface area contributed by atoms with Crippen LogP contribution < -0.4 is 16.0 Å². The lowest BCUT2D eigenvalue weighted by Gasteiger charge is -2.31. The summed E-state index contributed by atoms with van der Waals surface area (Å²) >= 11 is 0. The Bertz CT molecular complexity index is 596. The molecule has 3 N–H and O–H groups in total. The number of nitrogens with one attached hydrogen (secondary N) is 3. The van der Waals surface area contributed by atoms with E-state index in [1.54, 1.807) is 0 Å². The summed E-state index contributed by atoms with van der Waals surface area (Å²) in [6.45, 7) is 3.94. The van der Waals surface area contributed by atoms with Crippen LogP contribution in [0, 0.1) is 5.92 Å². The first-order valence-electron chi connectivity index (χ1n) is 9.41. The second-order valence-electron chi connectivity index (χ2n) is 7.77. The number of rotatable bonds is 6. The van der Waals surface area contributed by atoms with Gasteiger partial charge in [-0.25, -0.2) is 0 Å². The fourth-order valence-corrected chi connectivity index (χ4v) is 4.01. The average molecular weight is 380 g/mol. The van der Waals surface area contributed by atoms with Gasteiger partial charge in [0, 0.05) is 18.1 Å². The van der Waals surface area contributed by atoms with E-state index >= 15 is 0 Å². The Morgan fingerprint density at radius 1 is 1.12 bits per heavy atom. The number of carbonyl (C=O) groups is 2. The Morgan fingerprint density at radius 3 is 2.31 bits per heavy atom. The number of benzene rings is 1. The minimum absolute atomic E-state index is 0. The number of carbonyl (C=O) groups excluding carboxylic acids is 2. The van der Waals surface area contributed by atoms with Crippen LogP contribution in [0.1, 0.15) is 45.1 Å². The van der Waals surface area contributed by atoms with Gasteiger partial charge in [-0.3, -0.25) is 9.59 Å². The lowest BCUT2D eigenvalue weighted by Crippen LogP contribution is -2.55. The third-order valence-electron chi connectivity index (χ3n) is 5.29. The van der Waals surface area contributed by atoms with Crippen molar-refractivity contribution in [3.8, 4) is 0 Å². The maximum absolute atomic E-state index is 12.7. The van der Waals surface area contributed by atoms with Crippen molar-refractivity contribution in [2.24, 2.45) is 5.92 Å². The van der Waals surface area contributed by atoms with Crippen molar-refractivity contribution in [3.63, 3.8) is 0 Å². The monoisotopic (exact) mass is 379 g/mol. The van der Waals surface area contributed by atoms with Gasteiger partial charge < -0.3 is 16.0 Å². The molecular weight excluding hydrogens is 350 g/mol. The Hall–Kier alpha value is -1.59. The van der Waals surface area contributed by atoms with E-state index in [0.29, 0.717) is 18.5 Å². The standard InChI is InChI=1S/C20H29N3O2.ClH/c1-13(2)19(23-18(24)10-14-6-4-3-5-7-14)20(25)22-17-11-15-8-9-16(12-17)21-15;/h3-7,13,15-17,19,21H,8-12H2,1-2H3,(H,22,25)(H,23,24);1H. The van der Waals surface area contributed by atoms with E-state index in [1.807, 2.05) is 44.2 Å². The molecular formula is C20H30ClN3O2. The molecule has 0 aliphatic carbocycles. The largest absolute Gasteiger partial charge is 0.351 e. The first kappa shape index (κ1) is 20.7. The van der Waals surface area contributed by atoms with Crippen LogP contribution in [0.25, 0.3) is 0 Å². The smallest absolute Gasteiger partial charge is 0.243 e. The number of piperidine rings is 1. The van der Waals surface area contributed by atoms with Crippen LogP contribution in [0.2, 0.25) is 0 Å². The van der Waals surface area contributed by atoms with Crippen molar-refractivity contribution in [3.05, 3.63) is 35.9 Å². The van der Waals surface area contributed by atoms with Crippen molar-refractivity contribution in [2.75, 3.05) is 0 Å². The van der Waals surface area contributed by atoms with E-state index < -0.39 is 6.04 Å². The maximum atomic E-state index is 12.7.